The summed E-state index contributed by atoms with van der Waals surface area (Å²) in [6, 6.07) is 0. The van der Waals surface area contributed by atoms with E-state index in [0.717, 1.165) is 25.6 Å². The minimum Gasteiger partial charge on any atom is -0.353 e. The predicted molar refractivity (Wildman–Crippen MR) is 62.8 cm³/mol. The third-order valence-electron chi connectivity index (χ3n) is 3.21. The number of unbranched alkanes of at least 4 members (excludes halogenated alkanes) is 3. The molecule has 1 aliphatic rings. The zero-order valence-electron chi connectivity index (χ0n) is 10.3. The van der Waals surface area contributed by atoms with Crippen molar-refractivity contribution < 1.29 is 9.47 Å². The summed E-state index contributed by atoms with van der Waals surface area (Å²) in [4.78, 5) is 0. The van der Waals surface area contributed by atoms with Crippen LogP contribution in [0.1, 0.15) is 58.8 Å². The van der Waals surface area contributed by atoms with E-state index in [1.165, 1.54) is 38.5 Å². The summed E-state index contributed by atoms with van der Waals surface area (Å²) >= 11 is 0. The summed E-state index contributed by atoms with van der Waals surface area (Å²) in [5.74, 6) is 0.768. The molecule has 2 unspecified atom stereocenters. The molecule has 1 heterocycles. The molecule has 1 aliphatic heterocycles. The molecule has 2 atom stereocenters. The van der Waals surface area contributed by atoms with Crippen LogP contribution in [-0.2, 0) is 9.47 Å². The van der Waals surface area contributed by atoms with Crippen LogP contribution in [0.25, 0.3) is 0 Å². The first-order valence-corrected chi connectivity index (χ1v) is 6.60. The van der Waals surface area contributed by atoms with Gasteiger partial charge in [-0.25, -0.2) is 0 Å². The second-order valence-electron chi connectivity index (χ2n) is 4.55. The van der Waals surface area contributed by atoms with Gasteiger partial charge in [0.2, 0.25) is 0 Å². The largest absolute Gasteiger partial charge is 0.353 e. The van der Waals surface area contributed by atoms with Crippen molar-refractivity contribution in [3.63, 3.8) is 0 Å². The van der Waals surface area contributed by atoms with E-state index in [1.807, 2.05) is 0 Å². The van der Waals surface area contributed by atoms with Gasteiger partial charge in [0.15, 0.2) is 6.29 Å². The number of hydrogen-bond donors (Lipinski definition) is 0. The first-order chi connectivity index (χ1) is 7.36. The number of hydrogen-bond acceptors (Lipinski definition) is 2. The lowest BCUT2D eigenvalue weighted by atomic mass is 9.99. The molecular formula is C13H26O2. The quantitative estimate of drug-likeness (QED) is 0.601. The Labute approximate surface area is 94.3 Å². The first-order valence-electron chi connectivity index (χ1n) is 6.60. The van der Waals surface area contributed by atoms with Crippen LogP contribution in [0.2, 0.25) is 0 Å². The SMILES string of the molecule is CCCCCCOC1CCC(CC)CO1. The van der Waals surface area contributed by atoms with E-state index in [4.69, 9.17) is 9.47 Å². The van der Waals surface area contributed by atoms with Crippen LogP contribution >= 0.6 is 0 Å². The van der Waals surface area contributed by atoms with E-state index in [2.05, 4.69) is 13.8 Å². The lowest BCUT2D eigenvalue weighted by molar-refractivity contribution is -0.175. The minimum atomic E-state index is 0.0921. The Hall–Kier alpha value is -0.0800. The summed E-state index contributed by atoms with van der Waals surface area (Å²) in [7, 11) is 0. The molecule has 0 aromatic heterocycles. The van der Waals surface area contributed by atoms with Crippen molar-refractivity contribution in [3.8, 4) is 0 Å². The van der Waals surface area contributed by atoms with Crippen molar-refractivity contribution in [2.75, 3.05) is 13.2 Å². The van der Waals surface area contributed by atoms with Gasteiger partial charge < -0.3 is 9.47 Å². The fourth-order valence-electron chi connectivity index (χ4n) is 1.98. The number of ether oxygens (including phenoxy) is 2. The van der Waals surface area contributed by atoms with Gasteiger partial charge in [0.05, 0.1) is 6.61 Å². The standard InChI is InChI=1S/C13H26O2/c1-3-5-6-7-10-14-13-9-8-12(4-2)11-15-13/h12-13H,3-11H2,1-2H3. The van der Waals surface area contributed by atoms with Gasteiger partial charge in [-0.15, -0.1) is 0 Å². The zero-order valence-corrected chi connectivity index (χ0v) is 10.3. The Morgan fingerprint density at radius 2 is 2.00 bits per heavy atom. The van der Waals surface area contributed by atoms with Crippen LogP contribution in [0.4, 0.5) is 0 Å². The van der Waals surface area contributed by atoms with E-state index in [9.17, 15) is 0 Å². The van der Waals surface area contributed by atoms with Crippen LogP contribution in [0.15, 0.2) is 0 Å². The Balaban J connectivity index is 1.94. The smallest absolute Gasteiger partial charge is 0.157 e. The van der Waals surface area contributed by atoms with Gasteiger partial charge in [0.1, 0.15) is 0 Å². The van der Waals surface area contributed by atoms with Crippen LogP contribution in [0, 0.1) is 5.92 Å². The van der Waals surface area contributed by atoms with E-state index in [1.54, 1.807) is 0 Å². The van der Waals surface area contributed by atoms with Crippen molar-refractivity contribution >= 4 is 0 Å². The molecule has 1 fully saturated rings. The van der Waals surface area contributed by atoms with Gasteiger partial charge in [0.25, 0.3) is 0 Å². The average Bonchev–Trinajstić information content (AvgIpc) is 2.30. The molecule has 0 N–H and O–H groups in total. The predicted octanol–water partition coefficient (Wildman–Crippen LogP) is 3.75. The average molecular weight is 214 g/mol. The maximum Gasteiger partial charge on any atom is 0.157 e. The highest BCUT2D eigenvalue weighted by Crippen LogP contribution is 2.22. The number of rotatable bonds is 7. The summed E-state index contributed by atoms with van der Waals surface area (Å²) in [6.45, 7) is 6.24. The van der Waals surface area contributed by atoms with Gasteiger partial charge in [0, 0.05) is 6.61 Å². The molecule has 0 radical (unpaired) electrons. The zero-order chi connectivity index (χ0) is 10.9. The minimum absolute atomic E-state index is 0.0921. The molecular weight excluding hydrogens is 188 g/mol. The Morgan fingerprint density at radius 3 is 2.60 bits per heavy atom. The Kier molecular flexibility index (Phi) is 7.03. The van der Waals surface area contributed by atoms with Crippen molar-refractivity contribution in [1.29, 1.82) is 0 Å². The summed E-state index contributed by atoms with van der Waals surface area (Å²) in [6.07, 6.45) is 8.79. The maximum absolute atomic E-state index is 5.70. The highest BCUT2D eigenvalue weighted by Gasteiger charge is 2.20. The molecule has 0 spiro atoms. The monoisotopic (exact) mass is 214 g/mol. The molecule has 0 amide bonds. The molecule has 0 aromatic rings. The van der Waals surface area contributed by atoms with E-state index in [0.29, 0.717) is 0 Å². The van der Waals surface area contributed by atoms with Gasteiger partial charge in [-0.2, -0.15) is 0 Å². The topological polar surface area (TPSA) is 18.5 Å². The Morgan fingerprint density at radius 1 is 1.13 bits per heavy atom. The van der Waals surface area contributed by atoms with Crippen molar-refractivity contribution in [2.45, 2.75) is 65.1 Å². The fraction of sp³-hybridized carbons (Fsp3) is 1.00. The van der Waals surface area contributed by atoms with Gasteiger partial charge in [-0.05, 0) is 25.2 Å². The molecule has 0 aromatic carbocycles. The Bertz CT molecular complexity index is 139. The van der Waals surface area contributed by atoms with Gasteiger partial charge in [-0.1, -0.05) is 39.5 Å². The third kappa shape index (κ3) is 5.53. The highest BCUT2D eigenvalue weighted by molar-refractivity contribution is 4.64. The maximum atomic E-state index is 5.70. The highest BCUT2D eigenvalue weighted by atomic mass is 16.7. The normalized spacial score (nSPS) is 26.8. The second kappa shape index (κ2) is 8.12. The fourth-order valence-corrected chi connectivity index (χ4v) is 1.98. The van der Waals surface area contributed by atoms with Crippen molar-refractivity contribution in [1.82, 2.24) is 0 Å². The molecule has 2 nitrogen and oxygen atoms in total. The molecule has 1 rings (SSSR count). The summed E-state index contributed by atoms with van der Waals surface area (Å²) in [5, 5.41) is 0. The third-order valence-corrected chi connectivity index (χ3v) is 3.21. The van der Waals surface area contributed by atoms with Gasteiger partial charge >= 0.3 is 0 Å². The lowest BCUT2D eigenvalue weighted by Crippen LogP contribution is -2.28. The molecule has 15 heavy (non-hydrogen) atoms. The lowest BCUT2D eigenvalue weighted by Gasteiger charge is -2.28. The van der Waals surface area contributed by atoms with E-state index < -0.39 is 0 Å². The second-order valence-corrected chi connectivity index (χ2v) is 4.55. The van der Waals surface area contributed by atoms with E-state index >= 15 is 0 Å². The molecule has 0 saturated carbocycles. The molecule has 90 valence electrons. The van der Waals surface area contributed by atoms with Crippen molar-refractivity contribution in [2.24, 2.45) is 5.92 Å². The molecule has 0 bridgehead atoms. The van der Waals surface area contributed by atoms with Crippen molar-refractivity contribution in [3.05, 3.63) is 0 Å². The van der Waals surface area contributed by atoms with Crippen LogP contribution in [-0.4, -0.2) is 19.5 Å². The van der Waals surface area contributed by atoms with Crippen LogP contribution < -0.4 is 0 Å². The van der Waals surface area contributed by atoms with Crippen LogP contribution in [0.3, 0.4) is 0 Å². The van der Waals surface area contributed by atoms with Crippen LogP contribution in [0.5, 0.6) is 0 Å². The molecule has 2 heteroatoms. The molecule has 0 aliphatic carbocycles. The molecule has 1 saturated heterocycles. The summed E-state index contributed by atoms with van der Waals surface area (Å²) in [5.41, 5.74) is 0. The van der Waals surface area contributed by atoms with Gasteiger partial charge in [-0.3, -0.25) is 0 Å². The first kappa shape index (κ1) is 13.0. The summed E-state index contributed by atoms with van der Waals surface area (Å²) < 4.78 is 11.4. The van der Waals surface area contributed by atoms with E-state index in [-0.39, 0.29) is 6.29 Å².